The van der Waals surface area contributed by atoms with Crippen LogP contribution in [0.5, 0.6) is 17.2 Å². The number of pyridine rings is 1. The number of aromatic carboxylic acids is 1. The van der Waals surface area contributed by atoms with Crippen LogP contribution in [0.25, 0.3) is 21.9 Å². The number of hydrogen-bond donors (Lipinski definition) is 2. The molecule has 214 valence electrons. The van der Waals surface area contributed by atoms with E-state index in [0.717, 1.165) is 5.56 Å². The van der Waals surface area contributed by atoms with E-state index in [9.17, 15) is 19.5 Å². The Morgan fingerprint density at radius 1 is 0.927 bits per heavy atom. The molecule has 0 aliphatic heterocycles. The second kappa shape index (κ2) is 11.6. The van der Waals surface area contributed by atoms with Crippen molar-refractivity contribution in [3.8, 4) is 28.4 Å². The van der Waals surface area contributed by atoms with Crippen LogP contribution in [0.4, 0.5) is 4.79 Å². The van der Waals surface area contributed by atoms with Gasteiger partial charge in [0.05, 0.1) is 19.6 Å². The summed E-state index contributed by atoms with van der Waals surface area (Å²) in [5.74, 6) is -0.164. The molecule has 0 aliphatic rings. The van der Waals surface area contributed by atoms with E-state index >= 15 is 0 Å². The molecule has 2 N–H and O–H groups in total. The number of rotatable bonds is 8. The van der Waals surface area contributed by atoms with E-state index in [1.807, 2.05) is 30.3 Å². The fourth-order valence-electron chi connectivity index (χ4n) is 4.43. The van der Waals surface area contributed by atoms with E-state index in [1.54, 1.807) is 52.0 Å². The van der Waals surface area contributed by atoms with Crippen molar-refractivity contribution in [1.82, 2.24) is 4.68 Å². The summed E-state index contributed by atoms with van der Waals surface area (Å²) < 4.78 is 23.0. The number of fused-ring (bicyclic) bond motifs is 1. The van der Waals surface area contributed by atoms with E-state index in [2.05, 4.69) is 5.43 Å². The molecule has 10 heteroatoms. The average Bonchev–Trinajstić information content (AvgIpc) is 2.92. The molecular weight excluding hydrogens is 528 g/mol. The first-order valence-corrected chi connectivity index (χ1v) is 12.8. The number of carboxylic acid groups (broad SMARTS) is 1. The third-order valence-electron chi connectivity index (χ3n) is 6.25. The first-order chi connectivity index (χ1) is 19.4. The molecule has 1 heterocycles. The predicted molar refractivity (Wildman–Crippen MR) is 155 cm³/mol. The van der Waals surface area contributed by atoms with Gasteiger partial charge in [-0.05, 0) is 74.5 Å². The van der Waals surface area contributed by atoms with Gasteiger partial charge in [0.15, 0.2) is 5.69 Å². The summed E-state index contributed by atoms with van der Waals surface area (Å²) in [6.45, 7) is 7.02. The first kappa shape index (κ1) is 29.0. The monoisotopic (exact) mass is 560 g/mol. The van der Waals surface area contributed by atoms with Crippen LogP contribution < -0.4 is 25.2 Å². The highest BCUT2D eigenvalue weighted by molar-refractivity contribution is 6.07. The van der Waals surface area contributed by atoms with Crippen molar-refractivity contribution in [2.75, 3.05) is 19.6 Å². The molecule has 4 aromatic rings. The standard InChI is InChI=1S/C31H32N2O8/c1-18-24(38-5)14-20(15-25(18)39-6)26-22-13-12-21(40-17-19-10-8-7-9-11-19)16-23(22)28(34)33(27(26)29(35)36)32-30(37)41-31(2,3)4/h7-16H,17H2,1-6H3,(H,32,37)(H,35,36). The van der Waals surface area contributed by atoms with E-state index in [1.165, 1.54) is 20.3 Å². The number of nitrogens with zero attached hydrogens (tertiary/aromatic N) is 1. The number of hydrogen-bond acceptors (Lipinski definition) is 7. The number of aromatic nitrogens is 1. The number of nitrogens with one attached hydrogen (secondary N) is 1. The molecule has 0 bridgehead atoms. The molecule has 0 saturated heterocycles. The minimum absolute atomic E-state index is 0.116. The van der Waals surface area contributed by atoms with Gasteiger partial charge in [0.1, 0.15) is 29.5 Å². The van der Waals surface area contributed by atoms with Crippen molar-refractivity contribution in [3.05, 3.63) is 87.8 Å². The van der Waals surface area contributed by atoms with Crippen molar-refractivity contribution in [3.63, 3.8) is 0 Å². The third kappa shape index (κ3) is 6.27. The largest absolute Gasteiger partial charge is 0.496 e. The zero-order valence-electron chi connectivity index (χ0n) is 23.7. The second-order valence-electron chi connectivity index (χ2n) is 10.3. The van der Waals surface area contributed by atoms with Crippen LogP contribution in [0, 0.1) is 6.92 Å². The predicted octanol–water partition coefficient (Wildman–Crippen LogP) is 5.75. The number of carbonyl (C=O) groups is 2. The molecule has 41 heavy (non-hydrogen) atoms. The highest BCUT2D eigenvalue weighted by Gasteiger charge is 2.27. The molecule has 10 nitrogen and oxygen atoms in total. The van der Waals surface area contributed by atoms with Gasteiger partial charge in [-0.3, -0.25) is 4.79 Å². The average molecular weight is 561 g/mol. The van der Waals surface area contributed by atoms with Crippen molar-refractivity contribution < 1.29 is 33.6 Å². The third-order valence-corrected chi connectivity index (χ3v) is 6.25. The summed E-state index contributed by atoms with van der Waals surface area (Å²) in [6.07, 6.45) is -0.997. The van der Waals surface area contributed by atoms with Crippen LogP contribution in [0.1, 0.15) is 42.4 Å². The fourth-order valence-corrected chi connectivity index (χ4v) is 4.43. The normalized spacial score (nSPS) is 11.2. The number of methoxy groups -OCH3 is 2. The molecule has 3 aromatic carbocycles. The summed E-state index contributed by atoms with van der Waals surface area (Å²) in [6, 6.07) is 17.6. The van der Waals surface area contributed by atoms with Crippen molar-refractivity contribution in [2.45, 2.75) is 39.9 Å². The lowest BCUT2D eigenvalue weighted by Crippen LogP contribution is -2.40. The Bertz CT molecular complexity index is 1650. The first-order valence-electron chi connectivity index (χ1n) is 12.8. The molecular formula is C31H32N2O8. The van der Waals surface area contributed by atoms with Gasteiger partial charge in [-0.15, -0.1) is 0 Å². The maximum atomic E-state index is 13.8. The summed E-state index contributed by atoms with van der Waals surface area (Å²) in [5, 5.41) is 10.8. The molecule has 1 aromatic heterocycles. The van der Waals surface area contributed by atoms with Gasteiger partial charge >= 0.3 is 12.1 Å². The Balaban J connectivity index is 1.99. The number of ether oxygens (including phenoxy) is 4. The summed E-state index contributed by atoms with van der Waals surface area (Å²) in [4.78, 5) is 39.3. The molecule has 0 atom stereocenters. The quantitative estimate of drug-likeness (QED) is 0.279. The van der Waals surface area contributed by atoms with E-state index in [4.69, 9.17) is 18.9 Å². The van der Waals surface area contributed by atoms with Crippen LogP contribution in [0.3, 0.4) is 0 Å². The fraction of sp³-hybridized carbons (Fsp3) is 0.258. The molecule has 0 unspecified atom stereocenters. The van der Waals surface area contributed by atoms with Gasteiger partial charge in [0.25, 0.3) is 5.56 Å². The Kier molecular flexibility index (Phi) is 8.23. The number of benzene rings is 3. The SMILES string of the molecule is COc1cc(-c2c(C(=O)O)n(NC(=O)OC(C)(C)C)c(=O)c3cc(OCc4ccccc4)ccc23)cc(OC)c1C. The van der Waals surface area contributed by atoms with E-state index in [-0.39, 0.29) is 17.6 Å². The maximum Gasteiger partial charge on any atom is 0.427 e. The molecule has 4 rings (SSSR count). The summed E-state index contributed by atoms with van der Waals surface area (Å²) in [7, 11) is 2.98. The van der Waals surface area contributed by atoms with Crippen LogP contribution in [0.15, 0.2) is 65.5 Å². The van der Waals surface area contributed by atoms with Gasteiger partial charge in [0.2, 0.25) is 0 Å². The number of amides is 1. The second-order valence-corrected chi connectivity index (χ2v) is 10.3. The maximum absolute atomic E-state index is 13.8. The number of carbonyl (C=O) groups excluding carboxylic acids is 1. The van der Waals surface area contributed by atoms with E-state index in [0.29, 0.717) is 38.4 Å². The van der Waals surface area contributed by atoms with Crippen molar-refractivity contribution >= 4 is 22.8 Å². The highest BCUT2D eigenvalue weighted by Crippen LogP contribution is 2.39. The Labute approximate surface area is 237 Å². The molecule has 0 saturated carbocycles. The van der Waals surface area contributed by atoms with Gasteiger partial charge in [0, 0.05) is 11.1 Å². The topological polar surface area (TPSA) is 125 Å². The Morgan fingerprint density at radius 3 is 2.12 bits per heavy atom. The molecule has 1 amide bonds. The molecule has 0 aliphatic carbocycles. The lowest BCUT2D eigenvalue weighted by atomic mass is 9.95. The minimum atomic E-state index is -1.45. The van der Waals surface area contributed by atoms with Crippen LogP contribution in [-0.4, -0.2) is 41.7 Å². The lowest BCUT2D eigenvalue weighted by Gasteiger charge is -2.22. The van der Waals surface area contributed by atoms with Crippen molar-refractivity contribution in [1.29, 1.82) is 0 Å². The van der Waals surface area contributed by atoms with E-state index < -0.39 is 28.9 Å². The molecule has 0 radical (unpaired) electrons. The zero-order chi connectivity index (χ0) is 29.9. The van der Waals surface area contributed by atoms with Gasteiger partial charge in [-0.25, -0.2) is 19.7 Å². The van der Waals surface area contributed by atoms with Crippen LogP contribution in [-0.2, 0) is 11.3 Å². The number of carboxylic acids is 1. The highest BCUT2D eigenvalue weighted by atomic mass is 16.6. The minimum Gasteiger partial charge on any atom is -0.496 e. The lowest BCUT2D eigenvalue weighted by molar-refractivity contribution is 0.0608. The van der Waals surface area contributed by atoms with Gasteiger partial charge in [-0.2, -0.15) is 0 Å². The van der Waals surface area contributed by atoms with Gasteiger partial charge < -0.3 is 24.1 Å². The van der Waals surface area contributed by atoms with Crippen LogP contribution >= 0.6 is 0 Å². The summed E-state index contributed by atoms with van der Waals surface area (Å²) >= 11 is 0. The Hall–Kier alpha value is -4.99. The van der Waals surface area contributed by atoms with Crippen molar-refractivity contribution in [2.24, 2.45) is 0 Å². The zero-order valence-corrected chi connectivity index (χ0v) is 23.7. The molecule has 0 spiro atoms. The van der Waals surface area contributed by atoms with Gasteiger partial charge in [-0.1, -0.05) is 30.3 Å². The smallest absolute Gasteiger partial charge is 0.427 e. The summed E-state index contributed by atoms with van der Waals surface area (Å²) in [5.41, 5.74) is 2.37. The molecule has 0 fully saturated rings. The van der Waals surface area contributed by atoms with Crippen LogP contribution in [0.2, 0.25) is 0 Å². The Morgan fingerprint density at radius 2 is 1.56 bits per heavy atom.